The number of imidazole rings is 1. The average molecular weight is 397 g/mol. The summed E-state index contributed by atoms with van der Waals surface area (Å²) in [6.45, 7) is 3.02. The van der Waals surface area contributed by atoms with Crippen LogP contribution in [0.4, 0.5) is 0 Å². The third kappa shape index (κ3) is 4.16. The van der Waals surface area contributed by atoms with Crippen LogP contribution in [-0.2, 0) is 11.3 Å². The van der Waals surface area contributed by atoms with Crippen molar-refractivity contribution in [1.82, 2.24) is 15.0 Å². The van der Waals surface area contributed by atoms with Crippen molar-refractivity contribution in [1.29, 1.82) is 0 Å². The number of carbonyl (C=O) groups is 1. The Labute approximate surface area is 175 Å². The number of amides is 1. The van der Waals surface area contributed by atoms with Gasteiger partial charge < -0.3 is 4.57 Å². The average Bonchev–Trinajstić information content (AvgIpc) is 3.16. The Morgan fingerprint density at radius 2 is 1.83 bits per heavy atom. The molecule has 3 aromatic carbocycles. The van der Waals surface area contributed by atoms with E-state index in [9.17, 15) is 4.79 Å². The lowest BCUT2D eigenvalue weighted by Crippen LogP contribution is -2.14. The lowest BCUT2D eigenvalue weighted by Gasteiger charge is -2.16. The van der Waals surface area contributed by atoms with Crippen LogP contribution >= 0.6 is 0 Å². The van der Waals surface area contributed by atoms with Crippen molar-refractivity contribution in [2.75, 3.05) is 0 Å². The van der Waals surface area contributed by atoms with Gasteiger partial charge >= 0.3 is 0 Å². The number of nitrogens with one attached hydrogen (secondary N) is 1. The van der Waals surface area contributed by atoms with Gasteiger partial charge in [0.05, 0.1) is 11.0 Å². The van der Waals surface area contributed by atoms with Gasteiger partial charge in [0.1, 0.15) is 5.82 Å². The molecule has 0 aliphatic carbocycles. The summed E-state index contributed by atoms with van der Waals surface area (Å²) < 4.78 is 2.26. The maximum Gasteiger partial charge on any atom is 0.267 e. The van der Waals surface area contributed by atoms with Crippen molar-refractivity contribution in [3.8, 4) is 11.4 Å². The van der Waals surface area contributed by atoms with Gasteiger partial charge in [-0.3, -0.25) is 10.0 Å². The summed E-state index contributed by atoms with van der Waals surface area (Å²) >= 11 is 0. The fourth-order valence-corrected chi connectivity index (χ4v) is 3.63. The first-order valence-electron chi connectivity index (χ1n) is 9.88. The highest BCUT2D eigenvalue weighted by Gasteiger charge is 2.16. The molecule has 0 aliphatic rings. The quantitative estimate of drug-likeness (QED) is 0.273. The first-order valence-corrected chi connectivity index (χ1v) is 9.88. The SMILES string of the molecule is C[C@@H](Cn1c(-c2cccc(/C=C/C(=O)NO)c2)nc2ccccc21)c1ccccc1. The predicted molar refractivity (Wildman–Crippen MR) is 119 cm³/mol. The van der Waals surface area contributed by atoms with Gasteiger partial charge in [-0.15, -0.1) is 0 Å². The molecule has 2 N–H and O–H groups in total. The predicted octanol–water partition coefficient (Wildman–Crippen LogP) is 5.03. The molecule has 1 aromatic heterocycles. The Balaban J connectivity index is 1.75. The molecule has 0 aliphatic heterocycles. The van der Waals surface area contributed by atoms with Gasteiger partial charge in [-0.05, 0) is 41.3 Å². The summed E-state index contributed by atoms with van der Waals surface area (Å²) in [4.78, 5) is 16.2. The zero-order valence-electron chi connectivity index (χ0n) is 16.7. The standard InChI is InChI=1S/C25H23N3O2/c1-18(20-9-3-2-4-10-20)17-28-23-13-6-5-12-22(23)26-25(28)21-11-7-8-19(16-21)14-15-24(29)27-30/h2-16,18,30H,17H2,1H3,(H,27,29)/b15-14+/t18-/m0/s1. The minimum atomic E-state index is -0.565. The topological polar surface area (TPSA) is 67.2 Å². The maximum atomic E-state index is 11.3. The van der Waals surface area contributed by atoms with E-state index in [0.717, 1.165) is 34.5 Å². The first-order chi connectivity index (χ1) is 14.7. The minimum absolute atomic E-state index is 0.318. The van der Waals surface area contributed by atoms with Gasteiger partial charge in [0.15, 0.2) is 0 Å². The van der Waals surface area contributed by atoms with Crippen LogP contribution in [0.3, 0.4) is 0 Å². The van der Waals surface area contributed by atoms with Gasteiger partial charge in [0, 0.05) is 18.2 Å². The van der Waals surface area contributed by atoms with E-state index in [0.29, 0.717) is 5.92 Å². The smallest absolute Gasteiger partial charge is 0.267 e. The number of para-hydroxylation sites is 2. The van der Waals surface area contributed by atoms with E-state index in [-0.39, 0.29) is 0 Å². The second kappa shape index (κ2) is 8.76. The number of nitrogens with zero attached hydrogens (tertiary/aromatic N) is 2. The molecule has 30 heavy (non-hydrogen) atoms. The monoisotopic (exact) mass is 397 g/mol. The largest absolute Gasteiger partial charge is 0.323 e. The van der Waals surface area contributed by atoms with Gasteiger partial charge in [-0.1, -0.05) is 67.6 Å². The summed E-state index contributed by atoms with van der Waals surface area (Å²) in [5.74, 6) is 0.643. The summed E-state index contributed by atoms with van der Waals surface area (Å²) in [6.07, 6.45) is 2.95. The van der Waals surface area contributed by atoms with Crippen LogP contribution in [0.25, 0.3) is 28.5 Å². The van der Waals surface area contributed by atoms with E-state index >= 15 is 0 Å². The second-order valence-corrected chi connectivity index (χ2v) is 7.28. The molecule has 0 radical (unpaired) electrons. The Kier molecular flexibility index (Phi) is 5.72. The number of benzene rings is 3. The van der Waals surface area contributed by atoms with Crippen LogP contribution in [0, 0.1) is 0 Å². The van der Waals surface area contributed by atoms with Crippen molar-refractivity contribution in [3.63, 3.8) is 0 Å². The lowest BCUT2D eigenvalue weighted by molar-refractivity contribution is -0.124. The van der Waals surface area contributed by atoms with E-state index < -0.39 is 5.91 Å². The summed E-state index contributed by atoms with van der Waals surface area (Å²) in [5.41, 5.74) is 6.76. The number of aromatic nitrogens is 2. The fraction of sp³-hybridized carbons (Fsp3) is 0.120. The number of rotatable bonds is 6. The van der Waals surface area contributed by atoms with E-state index in [2.05, 4.69) is 41.8 Å². The second-order valence-electron chi connectivity index (χ2n) is 7.28. The third-order valence-corrected chi connectivity index (χ3v) is 5.16. The van der Waals surface area contributed by atoms with Crippen LogP contribution in [0.1, 0.15) is 24.0 Å². The molecule has 4 aromatic rings. The van der Waals surface area contributed by atoms with Gasteiger partial charge in [0.25, 0.3) is 5.91 Å². The molecule has 1 amide bonds. The van der Waals surface area contributed by atoms with Gasteiger partial charge in [-0.2, -0.15) is 0 Å². The van der Waals surface area contributed by atoms with Gasteiger partial charge in [0.2, 0.25) is 0 Å². The number of carbonyl (C=O) groups excluding carboxylic acids is 1. The lowest BCUT2D eigenvalue weighted by atomic mass is 10.0. The van der Waals surface area contributed by atoms with E-state index in [4.69, 9.17) is 10.2 Å². The van der Waals surface area contributed by atoms with Crippen LogP contribution in [0.5, 0.6) is 0 Å². The molecule has 150 valence electrons. The number of hydroxylamine groups is 1. The van der Waals surface area contributed by atoms with E-state index in [1.807, 2.05) is 48.5 Å². The molecule has 0 fully saturated rings. The molecule has 0 unspecified atom stereocenters. The molecule has 0 saturated carbocycles. The minimum Gasteiger partial charge on any atom is -0.323 e. The number of fused-ring (bicyclic) bond motifs is 1. The summed E-state index contributed by atoms with van der Waals surface area (Å²) in [5, 5.41) is 8.68. The Morgan fingerprint density at radius 1 is 1.07 bits per heavy atom. The zero-order chi connectivity index (χ0) is 20.9. The maximum absolute atomic E-state index is 11.3. The normalized spacial score (nSPS) is 12.3. The molecule has 4 rings (SSSR count). The molecule has 0 spiro atoms. The van der Waals surface area contributed by atoms with Crippen molar-refractivity contribution < 1.29 is 10.0 Å². The van der Waals surface area contributed by atoms with Crippen LogP contribution in [0.2, 0.25) is 0 Å². The number of hydrogen-bond donors (Lipinski definition) is 2. The molecule has 1 atom stereocenters. The van der Waals surface area contributed by atoms with Crippen LogP contribution in [0.15, 0.2) is 84.9 Å². The number of hydrogen-bond acceptors (Lipinski definition) is 3. The molecule has 5 nitrogen and oxygen atoms in total. The zero-order valence-corrected chi connectivity index (χ0v) is 16.7. The molecule has 5 heteroatoms. The first kappa shape index (κ1) is 19.6. The molecular weight excluding hydrogens is 374 g/mol. The van der Waals surface area contributed by atoms with E-state index in [1.165, 1.54) is 11.6 Å². The summed E-state index contributed by atoms with van der Waals surface area (Å²) in [7, 11) is 0. The Hall–Kier alpha value is -3.70. The highest BCUT2D eigenvalue weighted by molar-refractivity contribution is 5.91. The Morgan fingerprint density at radius 3 is 2.63 bits per heavy atom. The van der Waals surface area contributed by atoms with Crippen molar-refractivity contribution >= 4 is 23.0 Å². The highest BCUT2D eigenvalue weighted by atomic mass is 16.5. The highest BCUT2D eigenvalue weighted by Crippen LogP contribution is 2.29. The van der Waals surface area contributed by atoms with Crippen molar-refractivity contribution in [3.05, 3.63) is 96.1 Å². The van der Waals surface area contributed by atoms with Crippen molar-refractivity contribution in [2.45, 2.75) is 19.4 Å². The molecular formula is C25H23N3O2. The molecule has 0 saturated heterocycles. The molecule has 1 heterocycles. The third-order valence-electron chi connectivity index (χ3n) is 5.16. The van der Waals surface area contributed by atoms with Crippen LogP contribution < -0.4 is 5.48 Å². The van der Waals surface area contributed by atoms with Crippen molar-refractivity contribution in [2.24, 2.45) is 0 Å². The fourth-order valence-electron chi connectivity index (χ4n) is 3.63. The van der Waals surface area contributed by atoms with Gasteiger partial charge in [-0.25, -0.2) is 10.5 Å². The Bertz CT molecular complexity index is 1200. The van der Waals surface area contributed by atoms with Crippen LogP contribution in [-0.4, -0.2) is 20.7 Å². The summed E-state index contributed by atoms with van der Waals surface area (Å²) in [6, 6.07) is 26.5. The molecule has 0 bridgehead atoms. The van der Waals surface area contributed by atoms with E-state index in [1.54, 1.807) is 11.6 Å².